The Morgan fingerprint density at radius 3 is 2.67 bits per heavy atom. The van der Waals surface area contributed by atoms with E-state index < -0.39 is 0 Å². The highest BCUT2D eigenvalue weighted by atomic mass is 16.2. The van der Waals surface area contributed by atoms with Crippen molar-refractivity contribution < 1.29 is 4.79 Å². The van der Waals surface area contributed by atoms with Crippen molar-refractivity contribution in [3.8, 4) is 0 Å². The number of unbranched alkanes of at least 4 members (excludes halogenated alkanes) is 1. The molecule has 1 amide bonds. The number of rotatable bonds is 6. The van der Waals surface area contributed by atoms with Crippen LogP contribution in [0.25, 0.3) is 0 Å². The third kappa shape index (κ3) is 5.88. The van der Waals surface area contributed by atoms with Crippen LogP contribution in [0.5, 0.6) is 0 Å². The molecule has 1 aromatic rings. The van der Waals surface area contributed by atoms with E-state index in [-0.39, 0.29) is 11.9 Å². The van der Waals surface area contributed by atoms with Crippen LogP contribution in [-0.2, 0) is 11.3 Å². The van der Waals surface area contributed by atoms with Crippen LogP contribution in [0.15, 0.2) is 30.3 Å². The summed E-state index contributed by atoms with van der Waals surface area (Å²) >= 11 is 0. The molecule has 3 nitrogen and oxygen atoms in total. The molecular formula is C18H30N2O. The van der Waals surface area contributed by atoms with Crippen LogP contribution in [0.1, 0.15) is 52.0 Å². The summed E-state index contributed by atoms with van der Waals surface area (Å²) < 4.78 is 0. The lowest BCUT2D eigenvalue weighted by Crippen LogP contribution is -2.43. The molecule has 1 heterocycles. The highest BCUT2D eigenvalue weighted by Crippen LogP contribution is 2.20. The Kier molecular flexibility index (Phi) is 8.76. The van der Waals surface area contributed by atoms with Crippen molar-refractivity contribution in [3.63, 3.8) is 0 Å². The molecule has 0 bridgehead atoms. The van der Waals surface area contributed by atoms with Crippen molar-refractivity contribution in [3.05, 3.63) is 35.9 Å². The molecule has 1 N–H and O–H groups in total. The van der Waals surface area contributed by atoms with Crippen molar-refractivity contribution in [1.82, 2.24) is 10.2 Å². The first-order valence-electron chi connectivity index (χ1n) is 8.37. The van der Waals surface area contributed by atoms with Crippen LogP contribution >= 0.6 is 0 Å². The zero-order valence-corrected chi connectivity index (χ0v) is 13.8. The van der Waals surface area contributed by atoms with Gasteiger partial charge in [-0.15, -0.1) is 0 Å². The third-order valence-electron chi connectivity index (χ3n) is 3.72. The molecule has 1 aliphatic heterocycles. The molecule has 1 aromatic carbocycles. The lowest BCUT2D eigenvalue weighted by atomic mass is 10.1. The number of nitrogens with one attached hydrogen (secondary N) is 1. The highest BCUT2D eigenvalue weighted by molar-refractivity contribution is 5.82. The van der Waals surface area contributed by atoms with Crippen LogP contribution in [0.3, 0.4) is 0 Å². The fraction of sp³-hybridized carbons (Fsp3) is 0.611. The number of carbonyl (C=O) groups excluding carboxylic acids is 1. The summed E-state index contributed by atoms with van der Waals surface area (Å²) in [5.74, 6) is 0.210. The van der Waals surface area contributed by atoms with E-state index in [1.807, 2.05) is 19.9 Å². The molecule has 118 valence electrons. The fourth-order valence-electron chi connectivity index (χ4n) is 2.64. The zero-order valence-electron chi connectivity index (χ0n) is 13.8. The maximum atomic E-state index is 12.2. The standard InChI is InChI=1S/C16H24N2O.C2H6/c1-2-3-11-17-16(19)15-10-7-12-18(15)13-14-8-5-4-6-9-14;1-2/h4-6,8-9,15H,2-3,7,10-13H2,1H3,(H,17,19);1-2H3. The van der Waals surface area contributed by atoms with E-state index in [1.165, 1.54) is 5.56 Å². The maximum Gasteiger partial charge on any atom is 0.237 e. The van der Waals surface area contributed by atoms with Gasteiger partial charge >= 0.3 is 0 Å². The lowest BCUT2D eigenvalue weighted by Gasteiger charge is -2.23. The average molecular weight is 290 g/mol. The number of hydrogen-bond donors (Lipinski definition) is 1. The fourth-order valence-corrected chi connectivity index (χ4v) is 2.64. The maximum absolute atomic E-state index is 12.2. The molecule has 3 heteroatoms. The number of carbonyl (C=O) groups is 1. The van der Waals surface area contributed by atoms with Crippen molar-refractivity contribution in [2.24, 2.45) is 0 Å². The second-order valence-electron chi connectivity index (χ2n) is 5.26. The topological polar surface area (TPSA) is 32.3 Å². The van der Waals surface area contributed by atoms with E-state index >= 15 is 0 Å². The molecule has 2 rings (SSSR count). The number of amides is 1. The van der Waals surface area contributed by atoms with Crippen molar-refractivity contribution in [1.29, 1.82) is 0 Å². The first-order chi connectivity index (χ1) is 10.3. The van der Waals surface area contributed by atoms with Crippen LogP contribution in [0.2, 0.25) is 0 Å². The van der Waals surface area contributed by atoms with Gasteiger partial charge in [0.15, 0.2) is 0 Å². The van der Waals surface area contributed by atoms with Crippen LogP contribution < -0.4 is 5.32 Å². The molecule has 0 saturated carbocycles. The molecule has 1 saturated heterocycles. The second-order valence-corrected chi connectivity index (χ2v) is 5.26. The van der Waals surface area contributed by atoms with Crippen molar-refractivity contribution >= 4 is 5.91 Å². The Morgan fingerprint density at radius 2 is 2.00 bits per heavy atom. The molecule has 1 fully saturated rings. The lowest BCUT2D eigenvalue weighted by molar-refractivity contribution is -0.125. The monoisotopic (exact) mass is 290 g/mol. The van der Waals surface area contributed by atoms with Gasteiger partial charge in [0.1, 0.15) is 0 Å². The quantitative estimate of drug-likeness (QED) is 0.812. The predicted molar refractivity (Wildman–Crippen MR) is 89.1 cm³/mol. The Bertz CT molecular complexity index is 391. The van der Waals surface area contributed by atoms with E-state index in [9.17, 15) is 4.79 Å². The minimum absolute atomic E-state index is 0.0667. The average Bonchev–Trinajstić information content (AvgIpc) is 2.99. The Balaban J connectivity index is 0.00000106. The summed E-state index contributed by atoms with van der Waals surface area (Å²) in [5, 5.41) is 3.06. The summed E-state index contributed by atoms with van der Waals surface area (Å²) in [7, 11) is 0. The Labute approximate surface area is 129 Å². The third-order valence-corrected chi connectivity index (χ3v) is 3.72. The molecule has 0 radical (unpaired) electrons. The van der Waals surface area contributed by atoms with Gasteiger partial charge in [-0.05, 0) is 31.4 Å². The summed E-state index contributed by atoms with van der Waals surface area (Å²) in [6, 6.07) is 10.5. The first-order valence-corrected chi connectivity index (χ1v) is 8.37. The summed E-state index contributed by atoms with van der Waals surface area (Å²) in [6.07, 6.45) is 4.30. The Morgan fingerprint density at radius 1 is 1.29 bits per heavy atom. The van der Waals surface area contributed by atoms with Gasteiger partial charge in [0, 0.05) is 13.1 Å². The van der Waals surface area contributed by atoms with Crippen LogP contribution in [-0.4, -0.2) is 29.9 Å². The van der Waals surface area contributed by atoms with E-state index in [1.54, 1.807) is 0 Å². The van der Waals surface area contributed by atoms with E-state index in [0.717, 1.165) is 45.3 Å². The summed E-state index contributed by atoms with van der Waals surface area (Å²) in [4.78, 5) is 14.5. The molecule has 1 atom stereocenters. The number of likely N-dealkylation sites (tertiary alicyclic amines) is 1. The molecular weight excluding hydrogens is 260 g/mol. The molecule has 1 aliphatic rings. The number of benzene rings is 1. The minimum atomic E-state index is 0.0667. The summed E-state index contributed by atoms with van der Waals surface area (Å²) in [5.41, 5.74) is 1.29. The zero-order chi connectivity index (χ0) is 15.5. The van der Waals surface area contributed by atoms with Gasteiger partial charge in [0.25, 0.3) is 0 Å². The van der Waals surface area contributed by atoms with Crippen molar-refractivity contribution in [2.45, 2.75) is 59.0 Å². The van der Waals surface area contributed by atoms with Crippen molar-refractivity contribution in [2.75, 3.05) is 13.1 Å². The SMILES string of the molecule is CC.CCCCNC(=O)C1CCCN1Cc1ccccc1. The van der Waals surface area contributed by atoms with Gasteiger partial charge in [-0.3, -0.25) is 9.69 Å². The van der Waals surface area contributed by atoms with Gasteiger partial charge in [-0.25, -0.2) is 0 Å². The second kappa shape index (κ2) is 10.4. The normalized spacial score (nSPS) is 18.0. The van der Waals surface area contributed by atoms with Gasteiger partial charge in [-0.1, -0.05) is 57.5 Å². The van der Waals surface area contributed by atoms with Crippen LogP contribution in [0.4, 0.5) is 0 Å². The molecule has 1 unspecified atom stereocenters. The predicted octanol–water partition coefficient (Wildman–Crippen LogP) is 3.59. The molecule has 0 aromatic heterocycles. The molecule has 0 aliphatic carbocycles. The van der Waals surface area contributed by atoms with E-state index in [2.05, 4.69) is 41.4 Å². The van der Waals surface area contributed by atoms with Crippen LogP contribution in [0, 0.1) is 0 Å². The number of hydrogen-bond acceptors (Lipinski definition) is 2. The van der Waals surface area contributed by atoms with Gasteiger partial charge in [-0.2, -0.15) is 0 Å². The smallest absolute Gasteiger partial charge is 0.237 e. The minimum Gasteiger partial charge on any atom is -0.355 e. The summed E-state index contributed by atoms with van der Waals surface area (Å²) in [6.45, 7) is 8.86. The first kappa shape index (κ1) is 17.7. The molecule has 21 heavy (non-hydrogen) atoms. The van der Waals surface area contributed by atoms with E-state index in [4.69, 9.17) is 0 Å². The van der Waals surface area contributed by atoms with E-state index in [0.29, 0.717) is 0 Å². The van der Waals surface area contributed by atoms with Gasteiger partial charge < -0.3 is 5.32 Å². The van der Waals surface area contributed by atoms with Gasteiger partial charge in [0.2, 0.25) is 5.91 Å². The molecule has 0 spiro atoms. The largest absolute Gasteiger partial charge is 0.355 e. The highest BCUT2D eigenvalue weighted by Gasteiger charge is 2.30. The number of nitrogens with zero attached hydrogens (tertiary/aromatic N) is 1. The van der Waals surface area contributed by atoms with Gasteiger partial charge in [0.05, 0.1) is 6.04 Å². The Hall–Kier alpha value is -1.35.